The second-order valence-corrected chi connectivity index (χ2v) is 8.28. The van der Waals surface area contributed by atoms with Gasteiger partial charge in [0.05, 0.1) is 11.7 Å². The predicted octanol–water partition coefficient (Wildman–Crippen LogP) is 5.65. The monoisotopic (exact) mass is 403 g/mol. The third-order valence-electron chi connectivity index (χ3n) is 6.08. The first-order chi connectivity index (χ1) is 14.3. The van der Waals surface area contributed by atoms with Crippen molar-refractivity contribution in [1.29, 1.82) is 0 Å². The van der Waals surface area contributed by atoms with E-state index in [9.17, 15) is 0 Å². The van der Waals surface area contributed by atoms with Crippen LogP contribution in [-0.4, -0.2) is 21.0 Å². The van der Waals surface area contributed by atoms with E-state index >= 15 is 0 Å². The molecule has 29 heavy (non-hydrogen) atoms. The van der Waals surface area contributed by atoms with E-state index in [0.29, 0.717) is 6.04 Å². The zero-order valence-corrected chi connectivity index (χ0v) is 17.1. The maximum absolute atomic E-state index is 6.41. The Morgan fingerprint density at radius 3 is 2.48 bits per heavy atom. The molecule has 2 atom stereocenters. The van der Waals surface area contributed by atoms with Crippen LogP contribution in [0.25, 0.3) is 11.3 Å². The second kappa shape index (κ2) is 7.99. The topological polar surface area (TPSA) is 41.3 Å². The Hall–Kier alpha value is -2.66. The molecule has 0 bridgehead atoms. The highest BCUT2D eigenvalue weighted by molar-refractivity contribution is 7.80. The van der Waals surface area contributed by atoms with Crippen LogP contribution in [0.15, 0.2) is 71.3 Å². The Bertz CT molecular complexity index is 966. The Morgan fingerprint density at radius 1 is 0.931 bits per heavy atom. The molecule has 4 nitrogen and oxygen atoms in total. The zero-order chi connectivity index (χ0) is 19.6. The molecule has 1 aliphatic carbocycles. The molecule has 3 heterocycles. The summed E-state index contributed by atoms with van der Waals surface area (Å²) in [5.74, 6) is 1.83. The van der Waals surface area contributed by atoms with Gasteiger partial charge in [0.15, 0.2) is 5.11 Å². The minimum atomic E-state index is -0.0135. The third-order valence-corrected chi connectivity index (χ3v) is 6.41. The molecule has 2 fully saturated rings. The molecule has 3 aromatic rings. The highest BCUT2D eigenvalue weighted by Gasteiger charge is 2.44. The van der Waals surface area contributed by atoms with Gasteiger partial charge >= 0.3 is 0 Å². The van der Waals surface area contributed by atoms with Gasteiger partial charge in [-0.25, -0.2) is 0 Å². The molecular formula is C24H25N3OS. The molecule has 2 aliphatic rings. The molecule has 1 aromatic carbocycles. The lowest BCUT2D eigenvalue weighted by molar-refractivity contribution is 0.179. The van der Waals surface area contributed by atoms with Crippen LogP contribution in [0.4, 0.5) is 0 Å². The van der Waals surface area contributed by atoms with E-state index in [1.54, 1.807) is 0 Å². The molecule has 1 N–H and O–H groups in total. The van der Waals surface area contributed by atoms with Gasteiger partial charge in [-0.1, -0.05) is 55.7 Å². The number of hydrogen-bond acceptors (Lipinski definition) is 3. The van der Waals surface area contributed by atoms with Gasteiger partial charge in [0.1, 0.15) is 17.6 Å². The number of nitrogens with one attached hydrogen (secondary N) is 1. The Labute approximate surface area is 177 Å². The molecule has 0 unspecified atom stereocenters. The summed E-state index contributed by atoms with van der Waals surface area (Å²) >= 11 is 5.82. The number of furan rings is 1. The van der Waals surface area contributed by atoms with Crippen LogP contribution in [0.1, 0.15) is 55.6 Å². The largest absolute Gasteiger partial charge is 0.459 e. The van der Waals surface area contributed by atoms with Gasteiger partial charge in [-0.3, -0.25) is 4.98 Å². The average Bonchev–Trinajstić information content (AvgIpc) is 3.40. The van der Waals surface area contributed by atoms with E-state index in [1.807, 2.05) is 36.5 Å². The fraction of sp³-hybridized carbons (Fsp3) is 0.333. The van der Waals surface area contributed by atoms with Crippen LogP contribution in [0.2, 0.25) is 0 Å². The molecule has 5 heteroatoms. The first kappa shape index (κ1) is 18.4. The summed E-state index contributed by atoms with van der Waals surface area (Å²) in [7, 11) is 0. The van der Waals surface area contributed by atoms with Crippen molar-refractivity contribution in [2.24, 2.45) is 0 Å². The van der Waals surface area contributed by atoms with Gasteiger partial charge in [0, 0.05) is 17.8 Å². The Balaban J connectivity index is 1.54. The van der Waals surface area contributed by atoms with Crippen LogP contribution >= 0.6 is 12.2 Å². The molecule has 0 spiro atoms. The van der Waals surface area contributed by atoms with Gasteiger partial charge < -0.3 is 14.6 Å². The van der Waals surface area contributed by atoms with Crippen molar-refractivity contribution < 1.29 is 4.42 Å². The van der Waals surface area contributed by atoms with Crippen molar-refractivity contribution in [2.75, 3.05) is 0 Å². The smallest absolute Gasteiger partial charge is 0.170 e. The molecule has 1 saturated heterocycles. The summed E-state index contributed by atoms with van der Waals surface area (Å²) < 4.78 is 6.41. The maximum Gasteiger partial charge on any atom is 0.170 e. The normalized spacial score (nSPS) is 22.6. The van der Waals surface area contributed by atoms with Crippen LogP contribution in [-0.2, 0) is 0 Å². The lowest BCUT2D eigenvalue weighted by atomic mass is 9.92. The lowest BCUT2D eigenvalue weighted by Gasteiger charge is -2.36. The van der Waals surface area contributed by atoms with Crippen LogP contribution < -0.4 is 5.32 Å². The zero-order valence-electron chi connectivity index (χ0n) is 16.3. The van der Waals surface area contributed by atoms with Crippen LogP contribution in [0, 0.1) is 0 Å². The van der Waals surface area contributed by atoms with Crippen molar-refractivity contribution in [3.05, 3.63) is 78.3 Å². The SMILES string of the molecule is S=C1N[C@@H](c2ccccn2)[C@@H](c2ccc(-c3ccccc3)o2)N1C1CCCCC1. The number of nitrogens with zero attached hydrogens (tertiary/aromatic N) is 2. The van der Waals surface area contributed by atoms with E-state index in [-0.39, 0.29) is 12.1 Å². The molecule has 0 amide bonds. The van der Waals surface area contributed by atoms with Gasteiger partial charge in [-0.2, -0.15) is 0 Å². The van der Waals surface area contributed by atoms with Crippen molar-refractivity contribution in [3.8, 4) is 11.3 Å². The molecule has 1 saturated carbocycles. The molecule has 2 aromatic heterocycles. The number of rotatable bonds is 4. The third kappa shape index (κ3) is 3.55. The Morgan fingerprint density at radius 2 is 1.72 bits per heavy atom. The van der Waals surface area contributed by atoms with E-state index in [4.69, 9.17) is 16.6 Å². The van der Waals surface area contributed by atoms with Crippen molar-refractivity contribution in [2.45, 2.75) is 50.2 Å². The molecule has 0 radical (unpaired) electrons. The second-order valence-electron chi connectivity index (χ2n) is 7.89. The molecule has 148 valence electrons. The van der Waals surface area contributed by atoms with E-state index in [0.717, 1.165) is 27.9 Å². The van der Waals surface area contributed by atoms with Gasteiger partial charge in [0.25, 0.3) is 0 Å². The predicted molar refractivity (Wildman–Crippen MR) is 118 cm³/mol. The number of aromatic nitrogens is 1. The number of pyridine rings is 1. The fourth-order valence-corrected chi connectivity index (χ4v) is 5.08. The highest BCUT2D eigenvalue weighted by atomic mass is 32.1. The summed E-state index contributed by atoms with van der Waals surface area (Å²) in [5, 5.41) is 4.37. The van der Waals surface area contributed by atoms with Gasteiger partial charge in [0.2, 0.25) is 0 Å². The highest BCUT2D eigenvalue weighted by Crippen LogP contribution is 2.43. The minimum Gasteiger partial charge on any atom is -0.459 e. The van der Waals surface area contributed by atoms with E-state index < -0.39 is 0 Å². The van der Waals surface area contributed by atoms with Crippen LogP contribution in [0.3, 0.4) is 0 Å². The van der Waals surface area contributed by atoms with Crippen molar-refractivity contribution >= 4 is 17.3 Å². The first-order valence-electron chi connectivity index (χ1n) is 10.5. The number of benzene rings is 1. The first-order valence-corrected chi connectivity index (χ1v) is 10.9. The summed E-state index contributed by atoms with van der Waals surface area (Å²) in [4.78, 5) is 7.02. The van der Waals surface area contributed by atoms with Gasteiger partial charge in [-0.05, 0) is 49.3 Å². The quantitative estimate of drug-likeness (QED) is 0.570. The number of hydrogen-bond donors (Lipinski definition) is 1. The maximum atomic E-state index is 6.41. The van der Waals surface area contributed by atoms with E-state index in [1.165, 1.54) is 32.1 Å². The molecular weight excluding hydrogens is 378 g/mol. The fourth-order valence-electron chi connectivity index (χ4n) is 4.69. The van der Waals surface area contributed by atoms with Gasteiger partial charge in [-0.15, -0.1) is 0 Å². The van der Waals surface area contributed by atoms with Crippen LogP contribution in [0.5, 0.6) is 0 Å². The summed E-state index contributed by atoms with van der Waals surface area (Å²) in [6.45, 7) is 0. The minimum absolute atomic E-state index is 0.0120. The average molecular weight is 404 g/mol. The molecule has 5 rings (SSSR count). The summed E-state index contributed by atoms with van der Waals surface area (Å²) in [6, 6.07) is 20.9. The van der Waals surface area contributed by atoms with E-state index in [2.05, 4.69) is 45.5 Å². The molecule has 1 aliphatic heterocycles. The Kier molecular flexibility index (Phi) is 5.06. The summed E-state index contributed by atoms with van der Waals surface area (Å²) in [6.07, 6.45) is 8.05. The van der Waals surface area contributed by atoms with Crippen molar-refractivity contribution in [1.82, 2.24) is 15.2 Å². The number of thiocarbonyl (C=S) groups is 1. The van der Waals surface area contributed by atoms with Crippen molar-refractivity contribution in [3.63, 3.8) is 0 Å². The lowest BCUT2D eigenvalue weighted by Crippen LogP contribution is -2.40. The standard InChI is InChI=1S/C24H25N3OS/c29-24-26-22(19-13-7-8-16-25-19)23(27(24)18-11-5-2-6-12-18)21-15-14-20(28-21)17-9-3-1-4-10-17/h1,3-4,7-10,13-16,18,22-23H,2,5-6,11-12H2,(H,26,29)/t22-,23+/m0/s1. The summed E-state index contributed by atoms with van der Waals surface area (Å²) in [5.41, 5.74) is 2.08.